The van der Waals surface area contributed by atoms with Crippen LogP contribution < -0.4 is 5.32 Å². The van der Waals surface area contributed by atoms with Crippen molar-refractivity contribution in [3.63, 3.8) is 0 Å². The normalized spacial score (nSPS) is 21.7. The van der Waals surface area contributed by atoms with Crippen LogP contribution in [0.4, 0.5) is 5.69 Å². The molecule has 1 aromatic carbocycles. The summed E-state index contributed by atoms with van der Waals surface area (Å²) in [5, 5.41) is 4.19. The van der Waals surface area contributed by atoms with Gasteiger partial charge in [-0.3, -0.25) is 9.59 Å². The Morgan fingerprint density at radius 1 is 1.15 bits per heavy atom. The van der Waals surface area contributed by atoms with E-state index in [4.69, 9.17) is 23.2 Å². The zero-order valence-corrected chi connectivity index (χ0v) is 16.3. The molecule has 0 aromatic heterocycles. The molecule has 0 spiro atoms. The second-order valence-corrected chi connectivity index (χ2v) is 7.71. The van der Waals surface area contributed by atoms with E-state index in [0.717, 1.165) is 17.7 Å². The molecule has 2 aliphatic heterocycles. The maximum atomic E-state index is 12.6. The average Bonchev–Trinajstić information content (AvgIpc) is 3.20. The lowest BCUT2D eigenvalue weighted by Crippen LogP contribution is -2.37. The number of hydrogen-bond acceptors (Lipinski definition) is 3. The van der Waals surface area contributed by atoms with Crippen molar-refractivity contribution in [1.82, 2.24) is 9.80 Å². The molecule has 5 nitrogen and oxygen atoms in total. The number of rotatable bonds is 5. The number of hydrogen-bond donors (Lipinski definition) is 1. The lowest BCUT2D eigenvalue weighted by molar-refractivity contribution is -0.128. The average molecular weight is 396 g/mol. The third kappa shape index (κ3) is 3.84. The van der Waals surface area contributed by atoms with Gasteiger partial charge in [-0.05, 0) is 30.2 Å². The summed E-state index contributed by atoms with van der Waals surface area (Å²) < 4.78 is 0. The molecule has 2 heterocycles. The largest absolute Gasteiger partial charge is 0.376 e. The van der Waals surface area contributed by atoms with Crippen molar-refractivity contribution in [3.05, 3.63) is 40.4 Å². The van der Waals surface area contributed by atoms with Gasteiger partial charge in [-0.25, -0.2) is 0 Å². The molecule has 0 aliphatic carbocycles. The molecule has 1 aromatic rings. The first-order chi connectivity index (χ1) is 12.4. The molecular formula is C19H23Cl2N3O2. The fraction of sp³-hybridized carbons (Fsp3) is 0.474. The van der Waals surface area contributed by atoms with E-state index >= 15 is 0 Å². The van der Waals surface area contributed by atoms with Crippen molar-refractivity contribution in [2.75, 3.05) is 38.0 Å². The number of carbonyl (C=O) groups is 2. The maximum absolute atomic E-state index is 12.6. The summed E-state index contributed by atoms with van der Waals surface area (Å²) in [5.74, 6) is 0.762. The molecule has 2 saturated heterocycles. The first-order valence-corrected chi connectivity index (χ1v) is 9.59. The molecule has 2 amide bonds. The van der Waals surface area contributed by atoms with Crippen LogP contribution in [0.15, 0.2) is 24.8 Å². The van der Waals surface area contributed by atoms with Crippen LogP contribution in [0.25, 0.3) is 0 Å². The van der Waals surface area contributed by atoms with Crippen molar-refractivity contribution in [3.8, 4) is 0 Å². The van der Waals surface area contributed by atoms with Crippen LogP contribution in [0.1, 0.15) is 12.5 Å². The highest BCUT2D eigenvalue weighted by molar-refractivity contribution is 6.42. The molecule has 3 rings (SSSR count). The number of amides is 2. The fourth-order valence-corrected chi connectivity index (χ4v) is 4.18. The third-order valence-corrected chi connectivity index (χ3v) is 6.00. The number of halogens is 2. The smallest absolute Gasteiger partial charge is 0.245 e. The van der Waals surface area contributed by atoms with Crippen LogP contribution in [0.5, 0.6) is 0 Å². The number of fused-ring (bicyclic) bond motifs is 1. The Morgan fingerprint density at radius 2 is 1.73 bits per heavy atom. The van der Waals surface area contributed by atoms with Gasteiger partial charge in [0.15, 0.2) is 0 Å². The summed E-state index contributed by atoms with van der Waals surface area (Å²) in [6, 6.07) is 3.61. The highest BCUT2D eigenvalue weighted by atomic mass is 35.5. The molecule has 2 fully saturated rings. The molecule has 0 bridgehead atoms. The Morgan fingerprint density at radius 3 is 2.31 bits per heavy atom. The summed E-state index contributed by atoms with van der Waals surface area (Å²) >= 11 is 12.2. The fourth-order valence-electron chi connectivity index (χ4n) is 3.83. The topological polar surface area (TPSA) is 52.7 Å². The lowest BCUT2D eigenvalue weighted by Gasteiger charge is -2.22. The number of benzene rings is 1. The van der Waals surface area contributed by atoms with Gasteiger partial charge in [-0.2, -0.15) is 0 Å². The number of aryl methyl sites for hydroxylation is 1. The van der Waals surface area contributed by atoms with Gasteiger partial charge in [0.2, 0.25) is 11.8 Å². The SMILES string of the molecule is C=CC(=O)N1CC2CN(C(=O)CNc3cc(Cl)c(Cl)cc3CC)CC2C1. The molecule has 140 valence electrons. The quantitative estimate of drug-likeness (QED) is 0.779. The van der Waals surface area contributed by atoms with Crippen LogP contribution in [0.3, 0.4) is 0 Å². The van der Waals surface area contributed by atoms with Gasteiger partial charge in [-0.1, -0.05) is 36.7 Å². The zero-order chi connectivity index (χ0) is 18.8. The standard InChI is InChI=1S/C19H23Cl2N3O2/c1-3-12-5-15(20)16(21)6-17(12)22-7-19(26)24-10-13-8-23(18(25)4-2)9-14(13)11-24/h4-6,13-14,22H,2-3,7-11H2,1H3. The van der Waals surface area contributed by atoms with Crippen molar-refractivity contribution in [1.29, 1.82) is 0 Å². The van der Waals surface area contributed by atoms with Gasteiger partial charge in [-0.15, -0.1) is 0 Å². The second kappa shape index (κ2) is 7.89. The predicted octanol–water partition coefficient (Wildman–Crippen LogP) is 3.07. The first-order valence-electron chi connectivity index (χ1n) is 8.83. The van der Waals surface area contributed by atoms with E-state index in [9.17, 15) is 9.59 Å². The Bertz CT molecular complexity index is 724. The van der Waals surface area contributed by atoms with Crippen LogP contribution in [0.2, 0.25) is 10.0 Å². The van der Waals surface area contributed by atoms with E-state index < -0.39 is 0 Å². The van der Waals surface area contributed by atoms with Crippen LogP contribution in [0, 0.1) is 11.8 Å². The minimum atomic E-state index is -0.0225. The number of likely N-dealkylation sites (tertiary alicyclic amines) is 2. The molecular weight excluding hydrogens is 373 g/mol. The highest BCUT2D eigenvalue weighted by Gasteiger charge is 2.42. The monoisotopic (exact) mass is 395 g/mol. The van der Waals surface area contributed by atoms with Crippen LogP contribution in [-0.4, -0.2) is 54.3 Å². The predicted molar refractivity (Wildman–Crippen MR) is 105 cm³/mol. The number of carbonyl (C=O) groups excluding carboxylic acids is 2. The summed E-state index contributed by atoms with van der Waals surface area (Å²) in [6.07, 6.45) is 2.16. The van der Waals surface area contributed by atoms with Gasteiger partial charge < -0.3 is 15.1 Å². The van der Waals surface area contributed by atoms with Gasteiger partial charge in [0, 0.05) is 43.7 Å². The molecule has 2 aliphatic rings. The van der Waals surface area contributed by atoms with E-state index in [0.29, 0.717) is 48.1 Å². The van der Waals surface area contributed by atoms with E-state index in [-0.39, 0.29) is 18.4 Å². The van der Waals surface area contributed by atoms with Gasteiger partial charge in [0.05, 0.1) is 16.6 Å². The van der Waals surface area contributed by atoms with Crippen molar-refractivity contribution >= 4 is 40.7 Å². The van der Waals surface area contributed by atoms with Gasteiger partial charge in [0.1, 0.15) is 0 Å². The Labute approximate surface area is 163 Å². The number of nitrogens with one attached hydrogen (secondary N) is 1. The molecule has 1 N–H and O–H groups in total. The van der Waals surface area contributed by atoms with Crippen molar-refractivity contribution < 1.29 is 9.59 Å². The Kier molecular flexibility index (Phi) is 5.78. The summed E-state index contributed by atoms with van der Waals surface area (Å²) in [5.41, 5.74) is 1.88. The van der Waals surface area contributed by atoms with Crippen molar-refractivity contribution in [2.45, 2.75) is 13.3 Å². The molecule has 2 unspecified atom stereocenters. The molecule has 26 heavy (non-hydrogen) atoms. The van der Waals surface area contributed by atoms with Crippen LogP contribution >= 0.6 is 23.2 Å². The third-order valence-electron chi connectivity index (χ3n) is 5.28. The van der Waals surface area contributed by atoms with Gasteiger partial charge >= 0.3 is 0 Å². The van der Waals surface area contributed by atoms with E-state index in [1.54, 1.807) is 6.07 Å². The summed E-state index contributed by atoms with van der Waals surface area (Å²) in [7, 11) is 0. The number of nitrogens with zero attached hydrogens (tertiary/aromatic N) is 2. The van der Waals surface area contributed by atoms with E-state index in [2.05, 4.69) is 11.9 Å². The highest BCUT2D eigenvalue weighted by Crippen LogP contribution is 2.32. The Balaban J connectivity index is 1.56. The molecule has 7 heteroatoms. The minimum absolute atomic E-state index is 0.0225. The summed E-state index contributed by atoms with van der Waals surface area (Å²) in [6.45, 7) is 8.61. The van der Waals surface area contributed by atoms with E-state index in [1.165, 1.54) is 6.08 Å². The number of anilines is 1. The minimum Gasteiger partial charge on any atom is -0.376 e. The maximum Gasteiger partial charge on any atom is 0.245 e. The first kappa shape index (κ1) is 19.1. The lowest BCUT2D eigenvalue weighted by atomic mass is 10.0. The Hall–Kier alpha value is -1.72. The zero-order valence-electron chi connectivity index (χ0n) is 14.8. The van der Waals surface area contributed by atoms with E-state index in [1.807, 2.05) is 22.8 Å². The van der Waals surface area contributed by atoms with Crippen molar-refractivity contribution in [2.24, 2.45) is 11.8 Å². The van der Waals surface area contributed by atoms with Gasteiger partial charge in [0.25, 0.3) is 0 Å². The summed E-state index contributed by atoms with van der Waals surface area (Å²) in [4.78, 5) is 28.0. The second-order valence-electron chi connectivity index (χ2n) is 6.90. The van der Waals surface area contributed by atoms with Crippen LogP contribution in [-0.2, 0) is 16.0 Å². The molecule has 2 atom stereocenters. The molecule has 0 radical (unpaired) electrons. The molecule has 0 saturated carbocycles.